The number of hydrogen-bond donors (Lipinski definition) is 1. The molecule has 1 atom stereocenters. The fourth-order valence-electron chi connectivity index (χ4n) is 6.87. The first kappa shape index (κ1) is 20.4. The molecule has 1 N–H and O–H groups in total. The zero-order valence-electron chi connectivity index (χ0n) is 19.6. The first-order valence-electron chi connectivity index (χ1n) is 12.1. The summed E-state index contributed by atoms with van der Waals surface area (Å²) in [5.41, 5.74) is 4.41. The second kappa shape index (κ2) is 7.02. The van der Waals surface area contributed by atoms with E-state index in [1.54, 1.807) is 13.3 Å². The number of carbonyl (C=O) groups is 1. The van der Waals surface area contributed by atoms with E-state index in [9.17, 15) is 4.79 Å². The minimum absolute atomic E-state index is 0.120. The average Bonchev–Trinajstić information content (AvgIpc) is 3.40. The molecule has 34 heavy (non-hydrogen) atoms. The van der Waals surface area contributed by atoms with Crippen molar-refractivity contribution in [2.45, 2.75) is 50.7 Å². The molecule has 3 saturated carbocycles. The minimum Gasteiger partial charge on any atom is -0.384 e. The Hall–Kier alpha value is -2.98. The maximum absolute atomic E-state index is 13.6. The Balaban J connectivity index is 1.42. The number of pyridine rings is 1. The molecule has 0 unspecified atom stereocenters. The smallest absolute Gasteiger partial charge is 0.229 e. The summed E-state index contributed by atoms with van der Waals surface area (Å²) in [7, 11) is 1.77. The van der Waals surface area contributed by atoms with Gasteiger partial charge in [-0.2, -0.15) is 10.2 Å². The van der Waals surface area contributed by atoms with Crippen molar-refractivity contribution in [3.05, 3.63) is 18.3 Å². The van der Waals surface area contributed by atoms with Crippen LogP contribution in [-0.2, 0) is 20.8 Å². The van der Waals surface area contributed by atoms with Gasteiger partial charge in [0.05, 0.1) is 43.8 Å². The second-order valence-electron chi connectivity index (χ2n) is 10.5. The van der Waals surface area contributed by atoms with E-state index < -0.39 is 0 Å². The molecule has 178 valence electrons. The van der Waals surface area contributed by atoms with Gasteiger partial charge >= 0.3 is 0 Å². The van der Waals surface area contributed by atoms with Crippen LogP contribution in [0.3, 0.4) is 0 Å². The van der Waals surface area contributed by atoms with E-state index in [4.69, 9.17) is 19.6 Å². The van der Waals surface area contributed by atoms with Crippen molar-refractivity contribution in [1.29, 1.82) is 0 Å². The van der Waals surface area contributed by atoms with Gasteiger partial charge in [-0.05, 0) is 32.3 Å². The van der Waals surface area contributed by atoms with E-state index >= 15 is 0 Å². The third-order valence-electron chi connectivity index (χ3n) is 8.14. The maximum atomic E-state index is 13.6. The van der Waals surface area contributed by atoms with E-state index in [1.165, 1.54) is 0 Å². The molecular weight excluding hydrogens is 434 g/mol. The van der Waals surface area contributed by atoms with Crippen LogP contribution in [0.2, 0.25) is 0 Å². The van der Waals surface area contributed by atoms with Gasteiger partial charge in [-0.25, -0.2) is 4.98 Å². The number of H-pyrrole nitrogens is 1. The topological polar surface area (TPSA) is 101 Å². The molecule has 2 aliphatic heterocycles. The highest BCUT2D eigenvalue weighted by Crippen LogP contribution is 2.70. The van der Waals surface area contributed by atoms with Crippen molar-refractivity contribution < 1.29 is 14.3 Å². The Kier molecular flexibility index (Phi) is 4.21. The van der Waals surface area contributed by atoms with Crippen molar-refractivity contribution in [3.8, 4) is 11.4 Å². The SMILES string of the molecule is COCC12CC(N3C(=O)CCn4nc(-c5ccn[nH]5)c5nc(N6CCOC[C@H]6C)cc3c54)(C1)C2. The highest BCUT2D eigenvalue weighted by atomic mass is 16.5. The molecule has 3 aromatic rings. The second-order valence-corrected chi connectivity index (χ2v) is 10.5. The molecular formula is C24H29N7O3. The zero-order valence-corrected chi connectivity index (χ0v) is 19.6. The lowest BCUT2D eigenvalue weighted by Gasteiger charge is -2.73. The van der Waals surface area contributed by atoms with E-state index in [0.29, 0.717) is 26.2 Å². The van der Waals surface area contributed by atoms with E-state index in [-0.39, 0.29) is 22.9 Å². The number of ether oxygens (including phenoxy) is 2. The van der Waals surface area contributed by atoms with Crippen LogP contribution in [0.25, 0.3) is 22.4 Å². The lowest BCUT2D eigenvalue weighted by molar-refractivity contribution is -0.173. The number of morpholine rings is 1. The number of aryl methyl sites for hydroxylation is 1. The molecule has 5 heterocycles. The predicted octanol–water partition coefficient (Wildman–Crippen LogP) is 2.35. The Morgan fingerprint density at radius 3 is 2.88 bits per heavy atom. The summed E-state index contributed by atoms with van der Waals surface area (Å²) in [5, 5.41) is 12.1. The van der Waals surface area contributed by atoms with Gasteiger partial charge in [0.15, 0.2) is 0 Å². The van der Waals surface area contributed by atoms with Crippen LogP contribution in [0.1, 0.15) is 32.6 Å². The van der Waals surface area contributed by atoms with Gasteiger partial charge in [0.2, 0.25) is 5.91 Å². The molecule has 3 aliphatic carbocycles. The zero-order chi connectivity index (χ0) is 23.1. The summed E-state index contributed by atoms with van der Waals surface area (Å²) >= 11 is 0. The number of aromatic nitrogens is 5. The molecule has 0 spiro atoms. The number of methoxy groups -OCH3 is 1. The highest BCUT2D eigenvalue weighted by Gasteiger charge is 2.71. The number of nitrogens with one attached hydrogen (secondary N) is 1. The summed E-state index contributed by atoms with van der Waals surface area (Å²) in [5.74, 6) is 1.05. The van der Waals surface area contributed by atoms with Crippen LogP contribution in [0.5, 0.6) is 0 Å². The number of nitrogens with zero attached hydrogens (tertiary/aromatic N) is 6. The number of aromatic amines is 1. The summed E-state index contributed by atoms with van der Waals surface area (Å²) in [6.07, 6.45) is 5.14. The number of rotatable bonds is 5. The molecule has 1 amide bonds. The van der Waals surface area contributed by atoms with Crippen molar-refractivity contribution in [2.75, 3.05) is 43.3 Å². The van der Waals surface area contributed by atoms with Gasteiger partial charge in [-0.15, -0.1) is 0 Å². The largest absolute Gasteiger partial charge is 0.384 e. The van der Waals surface area contributed by atoms with Gasteiger partial charge in [-0.3, -0.25) is 14.6 Å². The summed E-state index contributed by atoms with van der Waals surface area (Å²) in [6, 6.07) is 4.24. The highest BCUT2D eigenvalue weighted by molar-refractivity contribution is 6.07. The van der Waals surface area contributed by atoms with E-state index in [0.717, 1.165) is 66.3 Å². The first-order valence-corrected chi connectivity index (χ1v) is 12.1. The quantitative estimate of drug-likeness (QED) is 0.620. The average molecular weight is 464 g/mol. The van der Waals surface area contributed by atoms with Crippen LogP contribution in [0, 0.1) is 5.41 Å². The molecule has 8 rings (SSSR count). The lowest BCUT2D eigenvalue weighted by atomic mass is 9.39. The van der Waals surface area contributed by atoms with Crippen LogP contribution >= 0.6 is 0 Å². The van der Waals surface area contributed by atoms with E-state index in [2.05, 4.69) is 33.0 Å². The Morgan fingerprint density at radius 1 is 1.29 bits per heavy atom. The first-order chi connectivity index (χ1) is 16.5. The van der Waals surface area contributed by atoms with Crippen molar-refractivity contribution in [3.63, 3.8) is 0 Å². The molecule has 1 saturated heterocycles. The van der Waals surface area contributed by atoms with Crippen LogP contribution in [0.4, 0.5) is 11.5 Å². The molecule has 4 fully saturated rings. The number of carbonyl (C=O) groups excluding carboxylic acids is 1. The Labute approximate surface area is 197 Å². The molecule has 10 nitrogen and oxygen atoms in total. The van der Waals surface area contributed by atoms with Gasteiger partial charge in [0, 0.05) is 43.3 Å². The van der Waals surface area contributed by atoms with Crippen LogP contribution < -0.4 is 9.80 Å². The van der Waals surface area contributed by atoms with Gasteiger partial charge in [0.1, 0.15) is 22.5 Å². The molecule has 3 aromatic heterocycles. The standard InChI is InChI=1S/C24H29N7O3/c1-15-10-34-8-7-29(15)18-9-17-22-21(26-18)20(16-3-5-25-27-16)28-30(22)6-4-19(32)31(17)24-11-23(12-24,13-24)14-33-2/h3,5,9,15H,4,6-8,10-14H2,1-2H3,(H,25,27)/t15-,23?,24?/m1/s1. The maximum Gasteiger partial charge on any atom is 0.229 e. The monoisotopic (exact) mass is 463 g/mol. The predicted molar refractivity (Wildman–Crippen MR) is 126 cm³/mol. The van der Waals surface area contributed by atoms with Gasteiger partial charge in [0.25, 0.3) is 0 Å². The van der Waals surface area contributed by atoms with Crippen molar-refractivity contribution >= 4 is 28.4 Å². The normalized spacial score (nSPS) is 30.3. The Bertz CT molecular complexity index is 1260. The fraction of sp³-hybridized carbons (Fsp3) is 0.583. The Morgan fingerprint density at radius 2 is 2.15 bits per heavy atom. The van der Waals surface area contributed by atoms with Crippen LogP contribution in [0.15, 0.2) is 18.3 Å². The van der Waals surface area contributed by atoms with E-state index in [1.807, 2.05) is 10.7 Å². The minimum atomic E-state index is -0.120. The summed E-state index contributed by atoms with van der Waals surface area (Å²) in [4.78, 5) is 23.1. The molecule has 0 aromatic carbocycles. The third-order valence-corrected chi connectivity index (χ3v) is 8.14. The molecule has 10 heteroatoms. The molecule has 0 radical (unpaired) electrons. The summed E-state index contributed by atoms with van der Waals surface area (Å²) in [6.45, 7) is 5.55. The molecule has 5 aliphatic rings. The fourth-order valence-corrected chi connectivity index (χ4v) is 6.87. The van der Waals surface area contributed by atoms with Crippen molar-refractivity contribution in [1.82, 2.24) is 25.0 Å². The van der Waals surface area contributed by atoms with Crippen molar-refractivity contribution in [2.24, 2.45) is 5.41 Å². The number of anilines is 2. The number of hydrogen-bond acceptors (Lipinski definition) is 7. The summed E-state index contributed by atoms with van der Waals surface area (Å²) < 4.78 is 13.1. The lowest BCUT2D eigenvalue weighted by Crippen LogP contribution is -2.77. The molecule has 2 bridgehead atoms. The van der Waals surface area contributed by atoms with Gasteiger partial charge < -0.3 is 19.3 Å². The van der Waals surface area contributed by atoms with Crippen LogP contribution in [-0.4, -0.2) is 75.9 Å². The third kappa shape index (κ3) is 2.69. The van der Waals surface area contributed by atoms with Gasteiger partial charge in [-0.1, -0.05) is 0 Å². The number of amides is 1.